The predicted molar refractivity (Wildman–Crippen MR) is 165 cm³/mol. The van der Waals surface area contributed by atoms with Crippen molar-refractivity contribution in [1.82, 2.24) is 14.5 Å². The number of fused-ring (bicyclic) bond motifs is 4. The molecule has 7 rings (SSSR count). The van der Waals surface area contributed by atoms with Crippen LogP contribution in [0.25, 0.3) is 61.3 Å². The zero-order valence-corrected chi connectivity index (χ0v) is 23.6. The molecule has 0 N–H and O–H groups in total. The fourth-order valence-electron chi connectivity index (χ4n) is 5.44. The van der Waals surface area contributed by atoms with E-state index >= 15 is 0 Å². The molecule has 0 bridgehead atoms. The Bertz CT molecular complexity index is 2000. The normalized spacial score (nSPS) is 12.1. The van der Waals surface area contributed by atoms with Gasteiger partial charge in [-0.3, -0.25) is 9.55 Å². The van der Waals surface area contributed by atoms with Crippen molar-refractivity contribution in [3.63, 3.8) is 0 Å². The molecule has 190 valence electrons. The zero-order valence-electron chi connectivity index (χ0n) is 22.6. The molecular weight excluding hydrogens is 494 g/mol. The number of para-hydroxylation sites is 2. The number of hydrogen-bond donors (Lipinski definition) is 0. The van der Waals surface area contributed by atoms with Crippen LogP contribution in [0.4, 0.5) is 0 Å². The highest BCUT2D eigenvalue weighted by molar-refractivity contribution is 6.88. The Hall–Kier alpha value is -4.48. The van der Waals surface area contributed by atoms with Gasteiger partial charge in [-0.2, -0.15) is 0 Å². The van der Waals surface area contributed by atoms with E-state index < -0.39 is 8.07 Å². The summed E-state index contributed by atoms with van der Waals surface area (Å²) < 4.78 is 8.88. The van der Waals surface area contributed by atoms with E-state index in [-0.39, 0.29) is 0 Å². The lowest BCUT2D eigenvalue weighted by atomic mass is 10.1. The van der Waals surface area contributed by atoms with Crippen molar-refractivity contribution in [3.8, 4) is 28.3 Å². The standard InChI is InChI=1S/C34H29N3OSi/c1-22-32-30(21-29(35-22)23-12-7-5-8-13-23)37(24-14-9-6-10-15-24)34(36-32)28-17-11-16-27-26-19-18-25(39(2,3)4)20-31(26)38-33(27)28/h5-21H,1-4H3. The van der Waals surface area contributed by atoms with Crippen LogP contribution in [0.15, 0.2) is 108 Å². The van der Waals surface area contributed by atoms with Crippen LogP contribution in [0.2, 0.25) is 19.6 Å². The second-order valence-corrected chi connectivity index (χ2v) is 16.3. The van der Waals surface area contributed by atoms with Crippen molar-refractivity contribution >= 4 is 46.2 Å². The molecule has 0 amide bonds. The number of hydrogen-bond acceptors (Lipinski definition) is 3. The van der Waals surface area contributed by atoms with Crippen molar-refractivity contribution in [3.05, 3.63) is 109 Å². The van der Waals surface area contributed by atoms with Crippen LogP contribution in [0, 0.1) is 6.92 Å². The van der Waals surface area contributed by atoms with Crippen LogP contribution in [-0.4, -0.2) is 22.6 Å². The Morgan fingerprint density at radius 2 is 1.46 bits per heavy atom. The molecule has 4 aromatic carbocycles. The van der Waals surface area contributed by atoms with Gasteiger partial charge in [0, 0.05) is 22.0 Å². The first kappa shape index (κ1) is 23.6. The Kier molecular flexibility index (Phi) is 5.32. The summed E-state index contributed by atoms with van der Waals surface area (Å²) in [5, 5.41) is 3.64. The first-order valence-corrected chi connectivity index (χ1v) is 16.9. The van der Waals surface area contributed by atoms with Crippen LogP contribution < -0.4 is 5.19 Å². The molecule has 3 aromatic heterocycles. The van der Waals surface area contributed by atoms with Gasteiger partial charge in [-0.1, -0.05) is 97.6 Å². The number of aromatic nitrogens is 3. The summed E-state index contributed by atoms with van der Waals surface area (Å²) in [4.78, 5) is 10.2. The number of imidazole rings is 1. The number of nitrogens with zero attached hydrogens (tertiary/aromatic N) is 3. The summed E-state index contributed by atoms with van der Waals surface area (Å²) in [6.45, 7) is 9.14. The average molecular weight is 524 g/mol. The average Bonchev–Trinajstić information content (AvgIpc) is 3.52. The minimum atomic E-state index is -1.48. The maximum Gasteiger partial charge on any atom is 0.149 e. The lowest BCUT2D eigenvalue weighted by molar-refractivity contribution is 0.669. The third-order valence-corrected chi connectivity index (χ3v) is 9.55. The zero-order chi connectivity index (χ0) is 26.7. The van der Waals surface area contributed by atoms with Crippen molar-refractivity contribution in [2.45, 2.75) is 26.6 Å². The third kappa shape index (κ3) is 3.89. The quantitative estimate of drug-likeness (QED) is 0.217. The molecule has 0 spiro atoms. The fraction of sp³-hybridized carbons (Fsp3) is 0.118. The Balaban J connectivity index is 1.54. The van der Waals surface area contributed by atoms with E-state index in [2.05, 4.69) is 103 Å². The molecule has 7 aromatic rings. The predicted octanol–water partition coefficient (Wildman–Crippen LogP) is 8.51. The summed E-state index contributed by atoms with van der Waals surface area (Å²) in [6, 6.07) is 36.0. The molecule has 0 fully saturated rings. The molecule has 4 nitrogen and oxygen atoms in total. The minimum absolute atomic E-state index is 0.849. The molecule has 0 aliphatic heterocycles. The van der Waals surface area contributed by atoms with Crippen LogP contribution in [0.1, 0.15) is 5.69 Å². The van der Waals surface area contributed by atoms with Crippen molar-refractivity contribution in [2.75, 3.05) is 0 Å². The highest BCUT2D eigenvalue weighted by atomic mass is 28.3. The number of aryl methyl sites for hydroxylation is 1. The van der Waals surface area contributed by atoms with Gasteiger partial charge in [-0.05, 0) is 37.3 Å². The monoisotopic (exact) mass is 523 g/mol. The first-order valence-electron chi connectivity index (χ1n) is 13.4. The molecule has 0 unspecified atom stereocenters. The van der Waals surface area contributed by atoms with E-state index in [1.807, 2.05) is 31.2 Å². The Morgan fingerprint density at radius 3 is 2.21 bits per heavy atom. The Morgan fingerprint density at radius 1 is 0.718 bits per heavy atom. The van der Waals surface area contributed by atoms with Crippen LogP contribution in [-0.2, 0) is 0 Å². The van der Waals surface area contributed by atoms with Crippen LogP contribution >= 0.6 is 0 Å². The summed E-state index contributed by atoms with van der Waals surface area (Å²) >= 11 is 0. The molecular formula is C34H29N3OSi. The summed E-state index contributed by atoms with van der Waals surface area (Å²) in [5.74, 6) is 0.849. The van der Waals surface area contributed by atoms with Gasteiger partial charge in [0.05, 0.1) is 30.5 Å². The number of rotatable bonds is 4. The smallest absolute Gasteiger partial charge is 0.149 e. The molecule has 0 saturated heterocycles. The second kappa shape index (κ2) is 8.78. The maximum atomic E-state index is 6.64. The summed E-state index contributed by atoms with van der Waals surface area (Å²) in [7, 11) is -1.48. The lowest BCUT2D eigenvalue weighted by Gasteiger charge is -2.15. The van der Waals surface area contributed by atoms with Gasteiger partial charge >= 0.3 is 0 Å². The molecule has 5 heteroatoms. The maximum absolute atomic E-state index is 6.64. The molecule has 39 heavy (non-hydrogen) atoms. The second-order valence-electron chi connectivity index (χ2n) is 11.2. The Labute approximate surface area is 228 Å². The molecule has 0 radical (unpaired) electrons. The van der Waals surface area contributed by atoms with Crippen molar-refractivity contribution in [1.29, 1.82) is 0 Å². The molecule has 0 aliphatic rings. The lowest BCUT2D eigenvalue weighted by Crippen LogP contribution is -2.37. The molecule has 3 heterocycles. The minimum Gasteiger partial charge on any atom is -0.455 e. The van der Waals surface area contributed by atoms with Crippen LogP contribution in [0.5, 0.6) is 0 Å². The number of benzene rings is 4. The van der Waals surface area contributed by atoms with Gasteiger partial charge < -0.3 is 4.42 Å². The van der Waals surface area contributed by atoms with E-state index in [0.29, 0.717) is 0 Å². The van der Waals surface area contributed by atoms with Crippen molar-refractivity contribution < 1.29 is 4.42 Å². The highest BCUT2D eigenvalue weighted by Gasteiger charge is 2.23. The molecule has 0 aliphatic carbocycles. The van der Waals surface area contributed by atoms with Gasteiger partial charge in [0.25, 0.3) is 0 Å². The van der Waals surface area contributed by atoms with E-state index in [1.165, 1.54) is 5.19 Å². The van der Waals surface area contributed by atoms with E-state index in [4.69, 9.17) is 14.4 Å². The largest absolute Gasteiger partial charge is 0.455 e. The topological polar surface area (TPSA) is 43.9 Å². The molecule has 0 saturated carbocycles. The summed E-state index contributed by atoms with van der Waals surface area (Å²) in [5.41, 5.74) is 8.66. The fourth-order valence-corrected chi connectivity index (χ4v) is 6.59. The van der Waals surface area contributed by atoms with Gasteiger partial charge in [-0.25, -0.2) is 4.98 Å². The van der Waals surface area contributed by atoms with Crippen molar-refractivity contribution in [2.24, 2.45) is 0 Å². The SMILES string of the molecule is Cc1nc(-c2ccccc2)cc2c1nc(-c1cccc3c1oc1cc([Si](C)(C)C)ccc13)n2-c1ccccc1. The highest BCUT2D eigenvalue weighted by Crippen LogP contribution is 2.38. The van der Waals surface area contributed by atoms with Gasteiger partial charge in [0.2, 0.25) is 0 Å². The number of furan rings is 1. The van der Waals surface area contributed by atoms with Gasteiger partial charge in [0.1, 0.15) is 22.5 Å². The summed E-state index contributed by atoms with van der Waals surface area (Å²) in [6.07, 6.45) is 0. The van der Waals surface area contributed by atoms with Crippen LogP contribution in [0.3, 0.4) is 0 Å². The first-order chi connectivity index (χ1) is 18.9. The van der Waals surface area contributed by atoms with E-state index in [0.717, 1.165) is 67.0 Å². The number of pyridine rings is 1. The molecule has 0 atom stereocenters. The van der Waals surface area contributed by atoms with Gasteiger partial charge in [-0.15, -0.1) is 0 Å². The third-order valence-electron chi connectivity index (χ3n) is 7.51. The van der Waals surface area contributed by atoms with E-state index in [9.17, 15) is 0 Å². The van der Waals surface area contributed by atoms with Gasteiger partial charge in [0.15, 0.2) is 0 Å². The van der Waals surface area contributed by atoms with E-state index in [1.54, 1.807) is 0 Å².